The monoisotopic (exact) mass is 388 g/mol. The molecule has 0 aliphatic rings. The van der Waals surface area contributed by atoms with Gasteiger partial charge in [-0.3, -0.25) is 4.79 Å². The van der Waals surface area contributed by atoms with Gasteiger partial charge in [0.05, 0.1) is 4.90 Å². The quantitative estimate of drug-likeness (QED) is 0.484. The second-order valence-corrected chi connectivity index (χ2v) is 7.47. The molecule has 2 aromatic rings. The first-order chi connectivity index (χ1) is 13.0. The summed E-state index contributed by atoms with van der Waals surface area (Å²) in [5.74, 6) is -0.288. The second-order valence-electron chi connectivity index (χ2n) is 5.71. The van der Waals surface area contributed by atoms with Crippen LogP contribution in [0, 0.1) is 0 Å². The van der Waals surface area contributed by atoms with Crippen molar-refractivity contribution in [2.75, 3.05) is 25.1 Å². The minimum absolute atomic E-state index is 0.150. The number of hydrogen-bond donors (Lipinski definition) is 2. The predicted octanol–water partition coefficient (Wildman–Crippen LogP) is 3.04. The summed E-state index contributed by atoms with van der Waals surface area (Å²) >= 11 is 0. The Hall–Kier alpha value is -2.48. The van der Waals surface area contributed by atoms with Gasteiger partial charge in [-0.15, -0.1) is 0 Å². The largest absolute Gasteiger partial charge is 0.382 e. The fraction of sp³-hybridized carbons (Fsp3) is 0.250. The van der Waals surface area contributed by atoms with Crippen molar-refractivity contribution in [2.45, 2.75) is 18.2 Å². The van der Waals surface area contributed by atoms with Crippen LogP contribution in [0.5, 0.6) is 0 Å². The molecule has 2 N–H and O–H groups in total. The lowest BCUT2D eigenvalue weighted by Crippen LogP contribution is -2.25. The van der Waals surface area contributed by atoms with Crippen molar-refractivity contribution < 1.29 is 17.9 Å². The molecule has 0 aromatic heterocycles. The Morgan fingerprint density at radius 2 is 1.78 bits per heavy atom. The van der Waals surface area contributed by atoms with Gasteiger partial charge in [-0.25, -0.2) is 13.1 Å². The first kappa shape index (κ1) is 20.8. The number of hydrogen-bond acceptors (Lipinski definition) is 4. The van der Waals surface area contributed by atoms with E-state index in [1.165, 1.54) is 18.2 Å². The summed E-state index contributed by atoms with van der Waals surface area (Å²) in [4.78, 5) is 12.1. The van der Waals surface area contributed by atoms with Crippen LogP contribution >= 0.6 is 0 Å². The van der Waals surface area contributed by atoms with Crippen molar-refractivity contribution in [2.24, 2.45) is 0 Å². The normalized spacial score (nSPS) is 11.6. The zero-order valence-corrected chi connectivity index (χ0v) is 16.0. The van der Waals surface area contributed by atoms with E-state index in [1.807, 2.05) is 37.3 Å². The van der Waals surface area contributed by atoms with Crippen molar-refractivity contribution in [3.05, 3.63) is 66.2 Å². The van der Waals surface area contributed by atoms with Gasteiger partial charge in [0.25, 0.3) is 0 Å². The van der Waals surface area contributed by atoms with E-state index in [4.69, 9.17) is 4.74 Å². The van der Waals surface area contributed by atoms with Gasteiger partial charge in [0, 0.05) is 31.5 Å². The number of benzene rings is 2. The molecule has 0 heterocycles. The van der Waals surface area contributed by atoms with Gasteiger partial charge in [0.15, 0.2) is 0 Å². The summed E-state index contributed by atoms with van der Waals surface area (Å²) in [5, 5.41) is 2.70. The third-order valence-electron chi connectivity index (χ3n) is 3.62. The van der Waals surface area contributed by atoms with E-state index in [2.05, 4.69) is 10.0 Å². The Morgan fingerprint density at radius 3 is 2.44 bits per heavy atom. The minimum Gasteiger partial charge on any atom is -0.382 e. The van der Waals surface area contributed by atoms with E-state index in [-0.39, 0.29) is 10.8 Å². The second kappa shape index (κ2) is 10.6. The number of amides is 1. The molecule has 0 bridgehead atoms. The van der Waals surface area contributed by atoms with Gasteiger partial charge in [-0.05, 0) is 49.2 Å². The molecule has 0 spiro atoms. The molecule has 0 fully saturated rings. The van der Waals surface area contributed by atoms with Crippen molar-refractivity contribution in [1.29, 1.82) is 0 Å². The van der Waals surface area contributed by atoms with Crippen LogP contribution in [-0.2, 0) is 19.6 Å². The fourth-order valence-corrected chi connectivity index (χ4v) is 3.32. The Kier molecular flexibility index (Phi) is 8.19. The van der Waals surface area contributed by atoms with Gasteiger partial charge in [-0.2, -0.15) is 0 Å². The Bertz CT molecular complexity index is 847. The van der Waals surface area contributed by atoms with Crippen LogP contribution in [0.1, 0.15) is 18.9 Å². The smallest absolute Gasteiger partial charge is 0.248 e. The number of rotatable bonds is 10. The van der Waals surface area contributed by atoms with Gasteiger partial charge in [-0.1, -0.05) is 30.3 Å². The summed E-state index contributed by atoms with van der Waals surface area (Å²) in [6.45, 7) is 3.33. The van der Waals surface area contributed by atoms with E-state index >= 15 is 0 Å². The maximum absolute atomic E-state index is 12.2. The molecule has 6 nitrogen and oxygen atoms in total. The highest BCUT2D eigenvalue weighted by molar-refractivity contribution is 7.89. The summed E-state index contributed by atoms with van der Waals surface area (Å²) in [6, 6.07) is 15.5. The number of carbonyl (C=O) groups excluding carboxylic acids is 1. The van der Waals surface area contributed by atoms with Crippen LogP contribution < -0.4 is 10.0 Å². The molecule has 0 aliphatic heterocycles. The number of nitrogens with one attached hydrogen (secondary N) is 2. The van der Waals surface area contributed by atoms with E-state index in [1.54, 1.807) is 18.2 Å². The molecular formula is C20H24N2O4S. The Balaban J connectivity index is 1.88. The van der Waals surface area contributed by atoms with Crippen molar-refractivity contribution in [1.82, 2.24) is 4.72 Å². The average Bonchev–Trinajstić information content (AvgIpc) is 2.67. The number of carbonyl (C=O) groups is 1. The Labute approximate surface area is 160 Å². The van der Waals surface area contributed by atoms with Crippen molar-refractivity contribution in [3.8, 4) is 0 Å². The molecular weight excluding hydrogens is 364 g/mol. The molecule has 2 rings (SSSR count). The Morgan fingerprint density at radius 1 is 1.07 bits per heavy atom. The zero-order chi connectivity index (χ0) is 19.5. The molecule has 2 aromatic carbocycles. The van der Waals surface area contributed by atoms with E-state index in [0.717, 1.165) is 5.56 Å². The molecule has 0 unspecified atom stereocenters. The lowest BCUT2D eigenvalue weighted by molar-refractivity contribution is -0.111. The SMILES string of the molecule is CCOCCCNS(=O)(=O)c1ccc(NC(=O)/C=C/c2ccccc2)cc1. The first-order valence-corrected chi connectivity index (χ1v) is 10.2. The zero-order valence-electron chi connectivity index (χ0n) is 15.2. The van der Waals surface area contributed by atoms with Crippen LogP contribution in [0.25, 0.3) is 6.08 Å². The summed E-state index contributed by atoms with van der Waals surface area (Å²) in [5.41, 5.74) is 1.44. The number of anilines is 1. The maximum Gasteiger partial charge on any atom is 0.248 e. The van der Waals surface area contributed by atoms with Gasteiger partial charge in [0.1, 0.15) is 0 Å². The standard InChI is InChI=1S/C20H24N2O4S/c1-2-26-16-6-15-21-27(24,25)19-12-10-18(11-13-19)22-20(23)14-9-17-7-4-3-5-8-17/h3-5,7-14,21H,2,6,15-16H2,1H3,(H,22,23)/b14-9+. The van der Waals surface area contributed by atoms with Crippen LogP contribution in [0.4, 0.5) is 5.69 Å². The third-order valence-corrected chi connectivity index (χ3v) is 5.10. The molecule has 0 saturated heterocycles. The van der Waals surface area contributed by atoms with Crippen LogP contribution in [0.15, 0.2) is 65.6 Å². The molecule has 27 heavy (non-hydrogen) atoms. The van der Waals surface area contributed by atoms with Crippen LogP contribution in [0.3, 0.4) is 0 Å². The van der Waals surface area contributed by atoms with E-state index < -0.39 is 10.0 Å². The highest BCUT2D eigenvalue weighted by atomic mass is 32.2. The van der Waals surface area contributed by atoms with E-state index in [9.17, 15) is 13.2 Å². The number of sulfonamides is 1. The molecule has 7 heteroatoms. The number of ether oxygens (including phenoxy) is 1. The molecule has 0 saturated carbocycles. The molecule has 0 atom stereocenters. The highest BCUT2D eigenvalue weighted by Crippen LogP contribution is 2.14. The lowest BCUT2D eigenvalue weighted by Gasteiger charge is -2.08. The van der Waals surface area contributed by atoms with Crippen LogP contribution in [0.2, 0.25) is 0 Å². The lowest BCUT2D eigenvalue weighted by atomic mass is 10.2. The fourth-order valence-electron chi connectivity index (χ4n) is 2.25. The van der Waals surface area contributed by atoms with Gasteiger partial charge >= 0.3 is 0 Å². The topological polar surface area (TPSA) is 84.5 Å². The maximum atomic E-state index is 12.2. The average molecular weight is 388 g/mol. The summed E-state index contributed by atoms with van der Waals surface area (Å²) in [6.07, 6.45) is 3.75. The molecule has 0 aliphatic carbocycles. The summed E-state index contributed by atoms with van der Waals surface area (Å²) < 4.78 is 32.1. The van der Waals surface area contributed by atoms with Crippen LogP contribution in [-0.4, -0.2) is 34.1 Å². The first-order valence-electron chi connectivity index (χ1n) is 8.73. The third kappa shape index (κ3) is 7.34. The van der Waals surface area contributed by atoms with Crippen molar-refractivity contribution >= 4 is 27.7 Å². The van der Waals surface area contributed by atoms with Gasteiger partial charge in [0.2, 0.25) is 15.9 Å². The van der Waals surface area contributed by atoms with Gasteiger partial charge < -0.3 is 10.1 Å². The molecule has 0 radical (unpaired) electrons. The highest BCUT2D eigenvalue weighted by Gasteiger charge is 2.13. The van der Waals surface area contributed by atoms with E-state index in [0.29, 0.717) is 31.9 Å². The molecule has 144 valence electrons. The molecule has 1 amide bonds. The minimum atomic E-state index is -3.57. The predicted molar refractivity (Wildman–Crippen MR) is 107 cm³/mol. The van der Waals surface area contributed by atoms with Crippen molar-refractivity contribution in [3.63, 3.8) is 0 Å². The summed E-state index contributed by atoms with van der Waals surface area (Å²) in [7, 11) is -3.57.